The first-order valence-electron chi connectivity index (χ1n) is 7.09. The number of benzene rings is 1. The van der Waals surface area contributed by atoms with Crippen LogP contribution in [0.3, 0.4) is 0 Å². The van der Waals surface area contributed by atoms with Crippen LogP contribution in [0.2, 0.25) is 5.02 Å². The van der Waals surface area contributed by atoms with Gasteiger partial charge < -0.3 is 10.1 Å². The Kier molecular flexibility index (Phi) is 5.21. The number of hydrogen-bond acceptors (Lipinski definition) is 3. The molecule has 1 aromatic heterocycles. The Labute approximate surface area is 131 Å². The molecule has 0 aliphatic carbocycles. The lowest BCUT2D eigenvalue weighted by atomic mass is 10.1. The fourth-order valence-electron chi connectivity index (χ4n) is 2.01. The van der Waals surface area contributed by atoms with Gasteiger partial charge in [-0.2, -0.15) is 0 Å². The minimum absolute atomic E-state index is 0.429. The normalized spacial score (nSPS) is 11.0. The predicted octanol–water partition coefficient (Wildman–Crippen LogP) is 4.64. The van der Waals surface area contributed by atoms with Gasteiger partial charge in [-0.05, 0) is 43.2 Å². The molecule has 0 aliphatic rings. The maximum Gasteiger partial charge on any atom is 0.219 e. The topological polar surface area (TPSA) is 34.1 Å². The van der Waals surface area contributed by atoms with Crippen LogP contribution in [-0.2, 0) is 6.54 Å². The van der Waals surface area contributed by atoms with Crippen molar-refractivity contribution in [1.82, 2.24) is 10.3 Å². The Morgan fingerprint density at radius 2 is 1.86 bits per heavy atom. The average Bonchev–Trinajstić information content (AvgIpc) is 2.43. The molecular formula is C17H21ClN2O. The van der Waals surface area contributed by atoms with Crippen molar-refractivity contribution in [3.63, 3.8) is 0 Å². The summed E-state index contributed by atoms with van der Waals surface area (Å²) in [5, 5.41) is 4.13. The van der Waals surface area contributed by atoms with E-state index in [9.17, 15) is 0 Å². The maximum absolute atomic E-state index is 6.17. The molecular weight excluding hydrogens is 284 g/mol. The molecule has 0 unspecified atom stereocenters. The van der Waals surface area contributed by atoms with Gasteiger partial charge in [0, 0.05) is 23.7 Å². The lowest BCUT2D eigenvalue weighted by Crippen LogP contribution is -2.22. The molecule has 0 amide bonds. The number of ether oxygens (including phenoxy) is 1. The largest absolute Gasteiger partial charge is 0.439 e. The first-order valence-corrected chi connectivity index (χ1v) is 7.47. The van der Waals surface area contributed by atoms with Crippen molar-refractivity contribution in [3.05, 3.63) is 52.2 Å². The summed E-state index contributed by atoms with van der Waals surface area (Å²) in [6.45, 7) is 8.89. The molecule has 0 radical (unpaired) electrons. The lowest BCUT2D eigenvalue weighted by Gasteiger charge is -2.11. The van der Waals surface area contributed by atoms with Crippen LogP contribution in [0.15, 0.2) is 30.3 Å². The second kappa shape index (κ2) is 6.92. The van der Waals surface area contributed by atoms with Gasteiger partial charge in [-0.1, -0.05) is 31.5 Å². The number of aryl methyl sites for hydroxylation is 2. The maximum atomic E-state index is 6.17. The van der Waals surface area contributed by atoms with E-state index < -0.39 is 0 Å². The number of pyridine rings is 1. The van der Waals surface area contributed by atoms with Crippen LogP contribution in [0, 0.1) is 13.8 Å². The molecule has 0 bridgehead atoms. The monoisotopic (exact) mass is 304 g/mol. The zero-order valence-electron chi connectivity index (χ0n) is 12.9. The van der Waals surface area contributed by atoms with E-state index in [2.05, 4.69) is 24.1 Å². The minimum Gasteiger partial charge on any atom is -0.439 e. The van der Waals surface area contributed by atoms with Crippen LogP contribution in [0.1, 0.15) is 30.7 Å². The number of halogens is 1. The fraction of sp³-hybridized carbons (Fsp3) is 0.353. The Morgan fingerprint density at radius 3 is 2.48 bits per heavy atom. The SMILES string of the molecule is Cc1cc(Oc2cccc(CNC(C)C)n2)cc(C)c1Cl. The third kappa shape index (κ3) is 4.45. The molecule has 21 heavy (non-hydrogen) atoms. The molecule has 4 heteroatoms. The minimum atomic E-state index is 0.429. The van der Waals surface area contributed by atoms with E-state index in [1.807, 2.05) is 44.2 Å². The van der Waals surface area contributed by atoms with Crippen LogP contribution in [0.4, 0.5) is 0 Å². The zero-order valence-corrected chi connectivity index (χ0v) is 13.7. The van der Waals surface area contributed by atoms with E-state index in [0.29, 0.717) is 11.9 Å². The van der Waals surface area contributed by atoms with Crippen LogP contribution in [0.25, 0.3) is 0 Å². The molecule has 0 spiro atoms. The van der Waals surface area contributed by atoms with Gasteiger partial charge in [0.05, 0.1) is 5.69 Å². The summed E-state index contributed by atoms with van der Waals surface area (Å²) in [4.78, 5) is 4.50. The summed E-state index contributed by atoms with van der Waals surface area (Å²) in [6.07, 6.45) is 0. The summed E-state index contributed by atoms with van der Waals surface area (Å²) in [5.41, 5.74) is 2.97. The Hall–Kier alpha value is -1.58. The lowest BCUT2D eigenvalue weighted by molar-refractivity contribution is 0.457. The Bertz CT molecular complexity index is 603. The number of rotatable bonds is 5. The molecule has 1 N–H and O–H groups in total. The van der Waals surface area contributed by atoms with E-state index in [4.69, 9.17) is 16.3 Å². The number of nitrogens with one attached hydrogen (secondary N) is 1. The third-order valence-electron chi connectivity index (χ3n) is 3.11. The molecule has 1 aromatic carbocycles. The van der Waals surface area contributed by atoms with Crippen molar-refractivity contribution in [2.45, 2.75) is 40.3 Å². The van der Waals surface area contributed by atoms with E-state index >= 15 is 0 Å². The highest BCUT2D eigenvalue weighted by Crippen LogP contribution is 2.28. The quantitative estimate of drug-likeness (QED) is 0.873. The number of hydrogen-bond donors (Lipinski definition) is 1. The predicted molar refractivity (Wildman–Crippen MR) is 87.2 cm³/mol. The third-order valence-corrected chi connectivity index (χ3v) is 3.70. The molecule has 1 heterocycles. The van der Waals surface area contributed by atoms with Crippen molar-refractivity contribution in [3.8, 4) is 11.6 Å². The van der Waals surface area contributed by atoms with Gasteiger partial charge in [-0.25, -0.2) is 4.98 Å². The second-order valence-corrected chi connectivity index (χ2v) is 5.85. The summed E-state index contributed by atoms with van der Waals surface area (Å²) in [7, 11) is 0. The fourth-order valence-corrected chi connectivity index (χ4v) is 2.12. The Balaban J connectivity index is 2.14. The van der Waals surface area contributed by atoms with E-state index in [1.54, 1.807) is 0 Å². The van der Waals surface area contributed by atoms with Crippen molar-refractivity contribution >= 4 is 11.6 Å². The van der Waals surface area contributed by atoms with Gasteiger partial charge >= 0.3 is 0 Å². The standard InChI is InChI=1S/C17H21ClN2O/c1-11(2)19-10-14-6-5-7-16(20-14)21-15-8-12(3)17(18)13(4)9-15/h5-9,11,19H,10H2,1-4H3. The van der Waals surface area contributed by atoms with Crippen LogP contribution >= 0.6 is 11.6 Å². The van der Waals surface area contributed by atoms with Gasteiger partial charge in [0.25, 0.3) is 0 Å². The van der Waals surface area contributed by atoms with E-state index in [0.717, 1.165) is 34.1 Å². The molecule has 0 saturated heterocycles. The number of aromatic nitrogens is 1. The molecule has 2 rings (SSSR count). The van der Waals surface area contributed by atoms with Crippen molar-refractivity contribution in [2.24, 2.45) is 0 Å². The van der Waals surface area contributed by atoms with Crippen molar-refractivity contribution in [1.29, 1.82) is 0 Å². The van der Waals surface area contributed by atoms with Crippen molar-refractivity contribution < 1.29 is 4.74 Å². The molecule has 0 fully saturated rings. The molecule has 3 nitrogen and oxygen atoms in total. The summed E-state index contributed by atoms with van der Waals surface area (Å²) >= 11 is 6.17. The molecule has 2 aromatic rings. The Morgan fingerprint density at radius 1 is 1.19 bits per heavy atom. The molecule has 0 aliphatic heterocycles. The van der Waals surface area contributed by atoms with Gasteiger partial charge in [0.2, 0.25) is 5.88 Å². The summed E-state index contributed by atoms with van der Waals surface area (Å²) in [6, 6.07) is 10.1. The van der Waals surface area contributed by atoms with Crippen LogP contribution in [0.5, 0.6) is 11.6 Å². The highest BCUT2D eigenvalue weighted by atomic mass is 35.5. The summed E-state index contributed by atoms with van der Waals surface area (Å²) < 4.78 is 5.84. The summed E-state index contributed by atoms with van der Waals surface area (Å²) in [5.74, 6) is 1.36. The molecule has 0 atom stereocenters. The van der Waals surface area contributed by atoms with Gasteiger partial charge in [0.15, 0.2) is 0 Å². The zero-order chi connectivity index (χ0) is 15.4. The van der Waals surface area contributed by atoms with Crippen LogP contribution in [-0.4, -0.2) is 11.0 Å². The van der Waals surface area contributed by atoms with E-state index in [1.165, 1.54) is 0 Å². The first-order chi connectivity index (χ1) is 9.95. The van der Waals surface area contributed by atoms with Crippen molar-refractivity contribution in [2.75, 3.05) is 0 Å². The smallest absolute Gasteiger partial charge is 0.219 e. The van der Waals surface area contributed by atoms with Gasteiger partial charge in [-0.15, -0.1) is 0 Å². The van der Waals surface area contributed by atoms with Gasteiger partial charge in [0.1, 0.15) is 5.75 Å². The second-order valence-electron chi connectivity index (χ2n) is 5.48. The number of nitrogens with zero attached hydrogens (tertiary/aromatic N) is 1. The average molecular weight is 305 g/mol. The highest BCUT2D eigenvalue weighted by Gasteiger charge is 2.06. The molecule has 0 saturated carbocycles. The van der Waals surface area contributed by atoms with Crippen LogP contribution < -0.4 is 10.1 Å². The first kappa shape index (κ1) is 15.8. The van der Waals surface area contributed by atoms with E-state index in [-0.39, 0.29) is 0 Å². The highest BCUT2D eigenvalue weighted by molar-refractivity contribution is 6.32. The molecule has 112 valence electrons. The van der Waals surface area contributed by atoms with Gasteiger partial charge in [-0.3, -0.25) is 0 Å².